The summed E-state index contributed by atoms with van der Waals surface area (Å²) in [6.07, 6.45) is 3.04. The molecule has 0 radical (unpaired) electrons. The van der Waals surface area contributed by atoms with Crippen LogP contribution in [0.3, 0.4) is 0 Å². The van der Waals surface area contributed by atoms with Gasteiger partial charge in [0.2, 0.25) is 5.91 Å². The monoisotopic (exact) mass is 535 g/mol. The molecule has 3 heterocycles. The van der Waals surface area contributed by atoms with Crippen molar-refractivity contribution in [1.29, 1.82) is 0 Å². The molecule has 1 saturated heterocycles. The third-order valence-electron chi connectivity index (χ3n) is 8.05. The summed E-state index contributed by atoms with van der Waals surface area (Å²) in [5, 5.41) is 5.77. The maximum Gasteiger partial charge on any atom is 0.219 e. The minimum atomic E-state index is 0.116. The fourth-order valence-electron chi connectivity index (χ4n) is 5.80. The Morgan fingerprint density at radius 1 is 1.05 bits per heavy atom. The van der Waals surface area contributed by atoms with Crippen molar-refractivity contribution in [3.63, 3.8) is 0 Å². The van der Waals surface area contributed by atoms with E-state index in [1.807, 2.05) is 41.3 Å². The Labute approximate surface area is 230 Å². The van der Waals surface area contributed by atoms with E-state index in [0.29, 0.717) is 17.6 Å². The predicted molar refractivity (Wildman–Crippen MR) is 153 cm³/mol. The van der Waals surface area contributed by atoms with Crippen LogP contribution < -0.4 is 9.64 Å². The average molecular weight is 536 g/mol. The number of methoxy groups -OCH3 is 1. The molecule has 1 atom stereocenters. The zero-order valence-electron chi connectivity index (χ0n) is 22.7. The smallest absolute Gasteiger partial charge is 0.219 e. The van der Waals surface area contributed by atoms with Gasteiger partial charge in [0.25, 0.3) is 0 Å². The van der Waals surface area contributed by atoms with E-state index in [2.05, 4.69) is 33.5 Å². The molecule has 1 aromatic heterocycles. The SMILES string of the molecule is COc1ccccc1N1CCN(C(C)CCCn2nc(-c3ccc(Cl)cc3)c3c2CCN(C(C)=O)C3)CC1. The van der Waals surface area contributed by atoms with E-state index in [1.165, 1.54) is 16.9 Å². The average Bonchev–Trinajstić information content (AvgIpc) is 3.31. The first-order chi connectivity index (χ1) is 18.4. The minimum Gasteiger partial charge on any atom is -0.495 e. The van der Waals surface area contributed by atoms with Crippen LogP contribution in [-0.2, 0) is 24.3 Å². The van der Waals surface area contributed by atoms with Crippen molar-refractivity contribution in [1.82, 2.24) is 19.6 Å². The van der Waals surface area contributed by atoms with Gasteiger partial charge in [0, 0.05) is 87.0 Å². The van der Waals surface area contributed by atoms with Crippen molar-refractivity contribution in [2.24, 2.45) is 0 Å². The molecule has 202 valence electrons. The number of rotatable bonds is 8. The van der Waals surface area contributed by atoms with Crippen LogP contribution in [0.4, 0.5) is 5.69 Å². The van der Waals surface area contributed by atoms with Gasteiger partial charge in [-0.1, -0.05) is 35.9 Å². The highest BCUT2D eigenvalue weighted by atomic mass is 35.5. The van der Waals surface area contributed by atoms with E-state index in [0.717, 1.165) is 75.5 Å². The highest BCUT2D eigenvalue weighted by molar-refractivity contribution is 6.30. The van der Waals surface area contributed by atoms with E-state index in [1.54, 1.807) is 14.0 Å². The minimum absolute atomic E-state index is 0.116. The summed E-state index contributed by atoms with van der Waals surface area (Å²) in [5.41, 5.74) is 5.66. The summed E-state index contributed by atoms with van der Waals surface area (Å²) >= 11 is 6.14. The van der Waals surface area contributed by atoms with Crippen molar-refractivity contribution < 1.29 is 9.53 Å². The number of ether oxygens (including phenoxy) is 1. The van der Waals surface area contributed by atoms with E-state index < -0.39 is 0 Å². The van der Waals surface area contributed by atoms with Crippen LogP contribution in [0.25, 0.3) is 11.3 Å². The number of halogens is 1. The Morgan fingerprint density at radius 2 is 1.79 bits per heavy atom. The molecule has 7 nitrogen and oxygen atoms in total. The first kappa shape index (κ1) is 26.6. The highest BCUT2D eigenvalue weighted by Gasteiger charge is 2.27. The second-order valence-corrected chi connectivity index (χ2v) is 10.8. The third-order valence-corrected chi connectivity index (χ3v) is 8.30. The number of anilines is 1. The molecule has 0 bridgehead atoms. The summed E-state index contributed by atoms with van der Waals surface area (Å²) in [7, 11) is 1.74. The van der Waals surface area contributed by atoms with Crippen LogP contribution in [0.5, 0.6) is 5.75 Å². The molecule has 38 heavy (non-hydrogen) atoms. The number of aryl methyl sites for hydroxylation is 1. The Bertz CT molecular complexity index is 1250. The topological polar surface area (TPSA) is 53.8 Å². The molecule has 0 N–H and O–H groups in total. The van der Waals surface area contributed by atoms with Gasteiger partial charge in [-0.05, 0) is 44.0 Å². The maximum absolute atomic E-state index is 12.1. The van der Waals surface area contributed by atoms with Crippen molar-refractivity contribution in [2.45, 2.75) is 52.2 Å². The van der Waals surface area contributed by atoms with E-state index >= 15 is 0 Å². The molecule has 1 amide bonds. The zero-order chi connectivity index (χ0) is 26.6. The van der Waals surface area contributed by atoms with Crippen molar-refractivity contribution in [3.8, 4) is 17.0 Å². The van der Waals surface area contributed by atoms with Gasteiger partial charge in [-0.25, -0.2) is 0 Å². The van der Waals surface area contributed by atoms with E-state index in [9.17, 15) is 4.79 Å². The van der Waals surface area contributed by atoms with Gasteiger partial charge in [-0.3, -0.25) is 14.4 Å². The van der Waals surface area contributed by atoms with E-state index in [4.69, 9.17) is 21.4 Å². The fraction of sp³-hybridized carbons (Fsp3) is 0.467. The first-order valence-electron chi connectivity index (χ1n) is 13.7. The van der Waals surface area contributed by atoms with Crippen molar-refractivity contribution >= 4 is 23.2 Å². The van der Waals surface area contributed by atoms with Crippen LogP contribution in [0.15, 0.2) is 48.5 Å². The molecule has 1 fully saturated rings. The van der Waals surface area contributed by atoms with Gasteiger partial charge in [-0.15, -0.1) is 0 Å². The van der Waals surface area contributed by atoms with Crippen molar-refractivity contribution in [2.75, 3.05) is 44.7 Å². The quantitative estimate of drug-likeness (QED) is 0.401. The van der Waals surface area contributed by atoms with Crippen LogP contribution in [0.2, 0.25) is 5.02 Å². The molecule has 2 aromatic carbocycles. The number of hydrogen-bond acceptors (Lipinski definition) is 5. The lowest BCUT2D eigenvalue weighted by atomic mass is 10.0. The second-order valence-electron chi connectivity index (χ2n) is 10.4. The van der Waals surface area contributed by atoms with Crippen LogP contribution in [-0.4, -0.2) is 71.4 Å². The number of carbonyl (C=O) groups excluding carboxylic acids is 1. The lowest BCUT2D eigenvalue weighted by molar-refractivity contribution is -0.129. The number of piperazine rings is 1. The van der Waals surface area contributed by atoms with Gasteiger partial charge < -0.3 is 14.5 Å². The number of carbonyl (C=O) groups is 1. The second kappa shape index (κ2) is 11.8. The molecule has 2 aliphatic rings. The van der Waals surface area contributed by atoms with Gasteiger partial charge in [-0.2, -0.15) is 5.10 Å². The largest absolute Gasteiger partial charge is 0.495 e. The summed E-state index contributed by atoms with van der Waals surface area (Å²) in [5.74, 6) is 1.06. The Balaban J connectivity index is 1.21. The molecule has 8 heteroatoms. The molecule has 2 aliphatic heterocycles. The molecular formula is C30H38ClN5O2. The lowest BCUT2D eigenvalue weighted by Crippen LogP contribution is -2.49. The lowest BCUT2D eigenvalue weighted by Gasteiger charge is -2.39. The summed E-state index contributed by atoms with van der Waals surface area (Å²) < 4.78 is 7.77. The van der Waals surface area contributed by atoms with Crippen LogP contribution in [0.1, 0.15) is 37.9 Å². The first-order valence-corrected chi connectivity index (χ1v) is 14.0. The highest BCUT2D eigenvalue weighted by Crippen LogP contribution is 2.32. The Hall–Kier alpha value is -3.03. The zero-order valence-corrected chi connectivity index (χ0v) is 23.5. The van der Waals surface area contributed by atoms with Gasteiger partial charge in [0.15, 0.2) is 0 Å². The number of hydrogen-bond donors (Lipinski definition) is 0. The molecule has 5 rings (SSSR count). The fourth-order valence-corrected chi connectivity index (χ4v) is 5.92. The van der Waals surface area contributed by atoms with Gasteiger partial charge in [0.05, 0.1) is 18.5 Å². The number of nitrogens with zero attached hydrogens (tertiary/aromatic N) is 5. The molecule has 1 unspecified atom stereocenters. The molecule has 0 spiro atoms. The number of benzene rings is 2. The molecular weight excluding hydrogens is 498 g/mol. The number of para-hydroxylation sites is 2. The number of aromatic nitrogens is 2. The number of fused-ring (bicyclic) bond motifs is 1. The van der Waals surface area contributed by atoms with Crippen molar-refractivity contribution in [3.05, 3.63) is 64.8 Å². The predicted octanol–water partition coefficient (Wildman–Crippen LogP) is 5.11. The normalized spacial score (nSPS) is 16.8. The maximum atomic E-state index is 12.1. The summed E-state index contributed by atoms with van der Waals surface area (Å²) in [6, 6.07) is 16.7. The van der Waals surface area contributed by atoms with Crippen LogP contribution in [0, 0.1) is 0 Å². The molecule has 3 aromatic rings. The van der Waals surface area contributed by atoms with Gasteiger partial charge >= 0.3 is 0 Å². The Morgan fingerprint density at radius 3 is 2.50 bits per heavy atom. The summed E-state index contributed by atoms with van der Waals surface area (Å²) in [6.45, 7) is 10.4. The standard InChI is InChI=1S/C30H38ClN5O2/c1-22(33-17-19-34(20-18-33)28-8-4-5-9-29(28)38-3)7-6-15-36-27-14-16-35(23(2)37)21-26(27)30(32-36)24-10-12-25(31)13-11-24/h4-5,8-13,22H,6-7,14-21H2,1-3H3. The van der Waals surface area contributed by atoms with Gasteiger partial charge in [0.1, 0.15) is 5.75 Å². The molecule has 0 saturated carbocycles. The van der Waals surface area contributed by atoms with Crippen LogP contribution >= 0.6 is 11.6 Å². The molecule has 0 aliphatic carbocycles. The number of amides is 1. The van der Waals surface area contributed by atoms with E-state index in [-0.39, 0.29) is 5.91 Å². The Kier molecular flexibility index (Phi) is 8.24. The third kappa shape index (κ3) is 5.69. The summed E-state index contributed by atoms with van der Waals surface area (Å²) in [4.78, 5) is 19.1.